The van der Waals surface area contributed by atoms with Crippen LogP contribution in [-0.2, 0) is 22.4 Å². The standard InChI is InChI=1S/C29H44N4O2/c1-20(30-2)28(34)31-27(22-9-4-3-5-10-22)29(35)33-16-14-21-13-8-15-32(19-26(21)33)25-17-23-11-6-7-12-24(23)18-25/h6-7,11-12,20-22,25-27,30H,3-5,8-10,13-19H2,1-2H3,(H,31,34)/t20-,21+,26+,27-/m0/s1. The van der Waals surface area contributed by atoms with E-state index in [0.717, 1.165) is 64.6 Å². The molecule has 2 aliphatic carbocycles. The number of nitrogens with zero attached hydrogens (tertiary/aromatic N) is 2. The van der Waals surface area contributed by atoms with E-state index in [4.69, 9.17) is 0 Å². The van der Waals surface area contributed by atoms with Crippen molar-refractivity contribution in [3.8, 4) is 0 Å². The van der Waals surface area contributed by atoms with Gasteiger partial charge in [0.25, 0.3) is 0 Å². The zero-order chi connectivity index (χ0) is 24.4. The summed E-state index contributed by atoms with van der Waals surface area (Å²) in [6.45, 7) is 4.82. The van der Waals surface area contributed by atoms with Crippen LogP contribution in [0, 0.1) is 11.8 Å². The second kappa shape index (κ2) is 11.0. The predicted molar refractivity (Wildman–Crippen MR) is 139 cm³/mol. The van der Waals surface area contributed by atoms with Gasteiger partial charge in [0.05, 0.1) is 6.04 Å². The molecule has 4 atom stereocenters. The molecule has 1 aromatic carbocycles. The second-order valence-electron chi connectivity index (χ2n) is 11.5. The Morgan fingerprint density at radius 2 is 1.66 bits per heavy atom. The normalized spacial score (nSPS) is 27.7. The molecule has 2 amide bonds. The molecule has 1 aromatic rings. The molecule has 192 valence electrons. The number of likely N-dealkylation sites (N-methyl/N-ethyl adjacent to an activating group) is 1. The molecule has 2 heterocycles. The van der Waals surface area contributed by atoms with Crippen LogP contribution in [0.4, 0.5) is 0 Å². The average molecular weight is 481 g/mol. The van der Waals surface area contributed by atoms with E-state index >= 15 is 0 Å². The van der Waals surface area contributed by atoms with Crippen LogP contribution in [0.5, 0.6) is 0 Å². The van der Waals surface area contributed by atoms with E-state index in [9.17, 15) is 9.59 Å². The summed E-state index contributed by atoms with van der Waals surface area (Å²) in [7, 11) is 1.80. The Morgan fingerprint density at radius 1 is 0.943 bits per heavy atom. The van der Waals surface area contributed by atoms with E-state index in [0.29, 0.717) is 12.0 Å². The molecule has 0 aromatic heterocycles. The van der Waals surface area contributed by atoms with Crippen molar-refractivity contribution >= 4 is 11.8 Å². The first-order valence-corrected chi connectivity index (χ1v) is 14.1. The van der Waals surface area contributed by atoms with Crippen molar-refractivity contribution in [2.45, 2.75) is 95.3 Å². The molecular formula is C29H44N4O2. The van der Waals surface area contributed by atoms with Gasteiger partial charge in [-0.1, -0.05) is 43.5 Å². The third kappa shape index (κ3) is 5.29. The Bertz CT molecular complexity index is 873. The minimum atomic E-state index is -0.384. The fraction of sp³-hybridized carbons (Fsp3) is 0.724. The second-order valence-corrected chi connectivity index (χ2v) is 11.5. The molecule has 3 fully saturated rings. The fourth-order valence-electron chi connectivity index (χ4n) is 7.23. The number of fused-ring (bicyclic) bond motifs is 2. The minimum Gasteiger partial charge on any atom is -0.343 e. The lowest BCUT2D eigenvalue weighted by Crippen LogP contribution is -2.58. The van der Waals surface area contributed by atoms with E-state index in [1.54, 1.807) is 7.05 Å². The maximum atomic E-state index is 14.1. The molecule has 5 rings (SSSR count). The molecule has 0 bridgehead atoms. The Balaban J connectivity index is 1.32. The first-order chi connectivity index (χ1) is 17.0. The molecule has 35 heavy (non-hydrogen) atoms. The van der Waals surface area contributed by atoms with Crippen molar-refractivity contribution < 1.29 is 9.59 Å². The van der Waals surface area contributed by atoms with Crippen LogP contribution >= 0.6 is 0 Å². The molecule has 2 saturated heterocycles. The van der Waals surface area contributed by atoms with Crippen LogP contribution in [0.1, 0.15) is 69.4 Å². The van der Waals surface area contributed by atoms with Crippen molar-refractivity contribution in [2.24, 2.45) is 11.8 Å². The zero-order valence-electron chi connectivity index (χ0n) is 21.7. The number of hydrogen-bond donors (Lipinski definition) is 2. The lowest BCUT2D eigenvalue weighted by Gasteiger charge is -2.38. The van der Waals surface area contributed by atoms with Gasteiger partial charge in [-0.25, -0.2) is 0 Å². The summed E-state index contributed by atoms with van der Waals surface area (Å²) in [4.78, 5) is 31.9. The third-order valence-corrected chi connectivity index (χ3v) is 9.47. The largest absolute Gasteiger partial charge is 0.343 e. The Kier molecular flexibility index (Phi) is 7.78. The Hall–Kier alpha value is -1.92. The van der Waals surface area contributed by atoms with Crippen LogP contribution in [-0.4, -0.2) is 72.5 Å². The minimum absolute atomic E-state index is 0.0571. The lowest BCUT2D eigenvalue weighted by atomic mass is 9.83. The maximum Gasteiger partial charge on any atom is 0.245 e. The van der Waals surface area contributed by atoms with Gasteiger partial charge in [0.1, 0.15) is 6.04 Å². The van der Waals surface area contributed by atoms with Gasteiger partial charge in [0, 0.05) is 25.2 Å². The van der Waals surface area contributed by atoms with Crippen LogP contribution < -0.4 is 10.6 Å². The molecule has 0 radical (unpaired) electrons. The highest BCUT2D eigenvalue weighted by atomic mass is 16.2. The molecule has 4 aliphatic rings. The van der Waals surface area contributed by atoms with E-state index in [2.05, 4.69) is 44.7 Å². The van der Waals surface area contributed by atoms with Crippen LogP contribution in [0.15, 0.2) is 24.3 Å². The van der Waals surface area contributed by atoms with Gasteiger partial charge in [-0.15, -0.1) is 0 Å². The van der Waals surface area contributed by atoms with Gasteiger partial charge in [-0.05, 0) is 88.4 Å². The highest BCUT2D eigenvalue weighted by Crippen LogP contribution is 2.36. The first-order valence-electron chi connectivity index (χ1n) is 14.1. The summed E-state index contributed by atoms with van der Waals surface area (Å²) in [6, 6.07) is 9.03. The van der Waals surface area contributed by atoms with Crippen LogP contribution in [0.3, 0.4) is 0 Å². The van der Waals surface area contributed by atoms with Gasteiger partial charge < -0.3 is 15.5 Å². The van der Waals surface area contributed by atoms with E-state index in [-0.39, 0.29) is 35.9 Å². The Morgan fingerprint density at radius 3 is 2.34 bits per heavy atom. The SMILES string of the molecule is CN[C@@H](C)C(=O)N[C@H](C(=O)N1CC[C@H]2CCCN(C3Cc4ccccc4C3)C[C@H]21)C1CCCCC1. The van der Waals surface area contributed by atoms with E-state index in [1.165, 1.54) is 30.4 Å². The van der Waals surface area contributed by atoms with Crippen LogP contribution in [0.25, 0.3) is 0 Å². The number of likely N-dealkylation sites (tertiary alicyclic amines) is 2. The molecule has 1 saturated carbocycles. The smallest absolute Gasteiger partial charge is 0.245 e. The fourth-order valence-corrected chi connectivity index (χ4v) is 7.23. The topological polar surface area (TPSA) is 64.7 Å². The predicted octanol–water partition coefficient (Wildman–Crippen LogP) is 3.14. The number of nitrogens with one attached hydrogen (secondary N) is 2. The summed E-state index contributed by atoms with van der Waals surface area (Å²) in [5.41, 5.74) is 2.99. The van der Waals surface area contributed by atoms with Gasteiger partial charge in [0.15, 0.2) is 0 Å². The molecule has 6 heteroatoms. The Labute approximate surface area is 211 Å². The van der Waals surface area contributed by atoms with Crippen molar-refractivity contribution in [2.75, 3.05) is 26.7 Å². The summed E-state index contributed by atoms with van der Waals surface area (Å²) in [6.07, 6.45) is 11.4. The molecule has 2 N–H and O–H groups in total. The van der Waals surface area contributed by atoms with Crippen LogP contribution in [0.2, 0.25) is 0 Å². The van der Waals surface area contributed by atoms with E-state index in [1.807, 2.05) is 6.92 Å². The first kappa shape index (κ1) is 24.8. The number of hydrogen-bond acceptors (Lipinski definition) is 4. The van der Waals surface area contributed by atoms with Gasteiger partial charge >= 0.3 is 0 Å². The third-order valence-electron chi connectivity index (χ3n) is 9.47. The average Bonchev–Trinajstić information content (AvgIpc) is 3.44. The van der Waals surface area contributed by atoms with Gasteiger partial charge in [-0.2, -0.15) is 0 Å². The summed E-state index contributed by atoms with van der Waals surface area (Å²) < 4.78 is 0. The summed E-state index contributed by atoms with van der Waals surface area (Å²) in [5, 5.41) is 6.23. The number of carbonyl (C=O) groups is 2. The zero-order valence-corrected chi connectivity index (χ0v) is 21.7. The van der Waals surface area contributed by atoms with Crippen molar-refractivity contribution in [1.82, 2.24) is 20.4 Å². The van der Waals surface area contributed by atoms with Crippen molar-refractivity contribution in [1.29, 1.82) is 0 Å². The monoisotopic (exact) mass is 480 g/mol. The maximum absolute atomic E-state index is 14.1. The molecular weight excluding hydrogens is 436 g/mol. The highest BCUT2D eigenvalue weighted by molar-refractivity contribution is 5.90. The molecule has 2 aliphatic heterocycles. The number of rotatable bonds is 6. The van der Waals surface area contributed by atoms with E-state index < -0.39 is 0 Å². The number of amides is 2. The highest BCUT2D eigenvalue weighted by Gasteiger charge is 2.44. The molecule has 0 spiro atoms. The number of carbonyl (C=O) groups excluding carboxylic acids is 2. The summed E-state index contributed by atoms with van der Waals surface area (Å²) in [5.74, 6) is 0.970. The van der Waals surface area contributed by atoms with Crippen molar-refractivity contribution in [3.05, 3.63) is 35.4 Å². The van der Waals surface area contributed by atoms with Crippen molar-refractivity contribution in [3.63, 3.8) is 0 Å². The van der Waals surface area contributed by atoms with Gasteiger partial charge in [-0.3, -0.25) is 14.5 Å². The van der Waals surface area contributed by atoms with Gasteiger partial charge in [0.2, 0.25) is 11.8 Å². The lowest BCUT2D eigenvalue weighted by molar-refractivity contribution is -0.140. The summed E-state index contributed by atoms with van der Waals surface area (Å²) >= 11 is 0. The quantitative estimate of drug-likeness (QED) is 0.657. The number of benzene rings is 1. The molecule has 6 nitrogen and oxygen atoms in total. The molecule has 0 unspecified atom stereocenters.